The van der Waals surface area contributed by atoms with Gasteiger partial charge in [-0.05, 0) is 36.4 Å². The molecule has 0 radical (unpaired) electrons. The van der Waals surface area contributed by atoms with Crippen molar-refractivity contribution in [3.8, 4) is 0 Å². The molecule has 166 valence electrons. The van der Waals surface area contributed by atoms with Gasteiger partial charge in [0.1, 0.15) is 12.7 Å². The quantitative estimate of drug-likeness (QED) is 0.729. The normalized spacial score (nSPS) is 18.4. The van der Waals surface area contributed by atoms with Crippen LogP contribution in [0.2, 0.25) is 4.34 Å². The predicted octanol–water partition coefficient (Wildman–Crippen LogP) is 3.55. The molecule has 4 rings (SSSR count). The Morgan fingerprint density at radius 3 is 2.42 bits per heavy atom. The van der Waals surface area contributed by atoms with Gasteiger partial charge in [0.25, 0.3) is 11.8 Å². The van der Waals surface area contributed by atoms with E-state index in [0.29, 0.717) is 34.6 Å². The van der Waals surface area contributed by atoms with Crippen LogP contribution in [0.1, 0.15) is 23.5 Å². The third-order valence-corrected chi connectivity index (χ3v) is 5.85. The minimum Gasteiger partial charge on any atom is -0.442 e. The number of thiophene rings is 1. The van der Waals surface area contributed by atoms with Crippen LogP contribution in [0, 0.1) is 0 Å². The maximum Gasteiger partial charge on any atom is 0.414 e. The highest BCUT2D eigenvalue weighted by atomic mass is 35.5. The molecule has 1 aromatic carbocycles. The Hall–Kier alpha value is -2.62. The minimum absolute atomic E-state index is 0.0747. The molecule has 2 aliphatic heterocycles. The van der Waals surface area contributed by atoms with Crippen LogP contribution in [0.3, 0.4) is 0 Å². The van der Waals surface area contributed by atoms with E-state index in [9.17, 15) is 14.4 Å². The zero-order valence-corrected chi connectivity index (χ0v) is 18.9. The van der Waals surface area contributed by atoms with Gasteiger partial charge in [-0.1, -0.05) is 25.4 Å². The summed E-state index contributed by atoms with van der Waals surface area (Å²) in [6, 6.07) is 10.4. The number of carbonyl (C=O) groups excluding carboxylic acids is 3. The van der Waals surface area contributed by atoms with E-state index in [2.05, 4.69) is 5.32 Å². The van der Waals surface area contributed by atoms with Crippen LogP contribution in [0.25, 0.3) is 0 Å². The summed E-state index contributed by atoms with van der Waals surface area (Å²) in [7, 11) is 0. The molecule has 0 saturated carbocycles. The highest BCUT2D eigenvalue weighted by Crippen LogP contribution is 2.26. The van der Waals surface area contributed by atoms with Crippen LogP contribution in [0.4, 0.5) is 16.2 Å². The van der Waals surface area contributed by atoms with Gasteiger partial charge in [-0.3, -0.25) is 14.5 Å². The van der Waals surface area contributed by atoms with Gasteiger partial charge in [0.05, 0.1) is 28.9 Å². The second-order valence-corrected chi connectivity index (χ2v) is 8.26. The van der Waals surface area contributed by atoms with Crippen molar-refractivity contribution in [1.82, 2.24) is 5.32 Å². The van der Waals surface area contributed by atoms with Crippen molar-refractivity contribution in [2.75, 3.05) is 42.6 Å². The largest absolute Gasteiger partial charge is 0.442 e. The van der Waals surface area contributed by atoms with E-state index in [0.717, 1.165) is 5.69 Å². The second kappa shape index (κ2) is 10.6. The van der Waals surface area contributed by atoms with E-state index >= 15 is 0 Å². The molecule has 3 amide bonds. The average Bonchev–Trinajstić information content (AvgIpc) is 3.39. The Balaban J connectivity index is 0.00000132. The first-order chi connectivity index (χ1) is 15.0. The first-order valence-corrected chi connectivity index (χ1v) is 11.2. The summed E-state index contributed by atoms with van der Waals surface area (Å²) >= 11 is 7.03. The monoisotopic (exact) mass is 465 g/mol. The molecule has 2 fully saturated rings. The number of hydrogen-bond donors (Lipinski definition) is 1. The number of ether oxygens (including phenoxy) is 2. The van der Waals surface area contributed by atoms with Crippen molar-refractivity contribution in [2.24, 2.45) is 0 Å². The van der Waals surface area contributed by atoms with Gasteiger partial charge in [-0.25, -0.2) is 4.79 Å². The molecular weight excluding hydrogens is 442 g/mol. The standard InChI is InChI=1S/C19H18ClN3O5S.C2H6/c20-16-6-5-15(29-16)18(25)21-9-14-10-23(19(26)28-14)13-3-1-12(2-4-13)22-7-8-27-11-17(22)24;1-2/h1-6,14H,7-11H2,(H,21,25);1-2H3/t14-;/m0./s1. The molecule has 2 aliphatic rings. The highest BCUT2D eigenvalue weighted by Gasteiger charge is 2.33. The summed E-state index contributed by atoms with van der Waals surface area (Å²) in [5.74, 6) is -0.344. The van der Waals surface area contributed by atoms with Gasteiger partial charge in [-0.15, -0.1) is 11.3 Å². The Morgan fingerprint density at radius 2 is 1.81 bits per heavy atom. The maximum atomic E-state index is 12.2. The molecule has 2 aromatic rings. The van der Waals surface area contributed by atoms with Crippen LogP contribution in [-0.4, -0.2) is 56.9 Å². The SMILES string of the molecule is CC.O=C(NC[C@H]1CN(c2ccc(N3CCOCC3=O)cc2)C(=O)O1)c1ccc(Cl)s1. The molecule has 31 heavy (non-hydrogen) atoms. The molecule has 0 bridgehead atoms. The molecular formula is C21H24ClN3O5S. The summed E-state index contributed by atoms with van der Waals surface area (Å²) in [6.07, 6.45) is -0.930. The summed E-state index contributed by atoms with van der Waals surface area (Å²) < 4.78 is 11.0. The fourth-order valence-corrected chi connectivity index (χ4v) is 4.13. The number of halogens is 1. The van der Waals surface area contributed by atoms with E-state index in [1.165, 1.54) is 16.2 Å². The topological polar surface area (TPSA) is 88.2 Å². The number of nitrogens with one attached hydrogen (secondary N) is 1. The van der Waals surface area contributed by atoms with E-state index in [1.807, 2.05) is 13.8 Å². The zero-order chi connectivity index (χ0) is 22.4. The van der Waals surface area contributed by atoms with E-state index in [1.54, 1.807) is 41.3 Å². The van der Waals surface area contributed by atoms with E-state index in [4.69, 9.17) is 21.1 Å². The smallest absolute Gasteiger partial charge is 0.414 e. The Bertz CT molecular complexity index is 933. The number of morpholine rings is 1. The van der Waals surface area contributed by atoms with Gasteiger partial charge in [0.2, 0.25) is 0 Å². The van der Waals surface area contributed by atoms with Crippen molar-refractivity contribution in [1.29, 1.82) is 0 Å². The molecule has 1 N–H and O–H groups in total. The number of hydrogen-bond acceptors (Lipinski definition) is 6. The number of anilines is 2. The summed E-state index contributed by atoms with van der Waals surface area (Å²) in [6.45, 7) is 5.60. The minimum atomic E-state index is -0.474. The Morgan fingerprint density at radius 1 is 1.13 bits per heavy atom. The van der Waals surface area contributed by atoms with Gasteiger partial charge >= 0.3 is 6.09 Å². The van der Waals surface area contributed by atoms with Crippen LogP contribution in [0.15, 0.2) is 36.4 Å². The fraction of sp³-hybridized carbons (Fsp3) is 0.381. The Kier molecular flexibility index (Phi) is 7.89. The number of carbonyl (C=O) groups is 3. The number of benzene rings is 1. The lowest BCUT2D eigenvalue weighted by Crippen LogP contribution is -2.41. The first-order valence-electron chi connectivity index (χ1n) is 10.0. The number of amides is 3. The van der Waals surface area contributed by atoms with Crippen molar-refractivity contribution in [2.45, 2.75) is 20.0 Å². The predicted molar refractivity (Wildman–Crippen MR) is 120 cm³/mol. The highest BCUT2D eigenvalue weighted by molar-refractivity contribution is 7.18. The van der Waals surface area contributed by atoms with Crippen molar-refractivity contribution in [3.05, 3.63) is 45.6 Å². The molecule has 2 saturated heterocycles. The first kappa shape index (κ1) is 23.1. The van der Waals surface area contributed by atoms with Gasteiger partial charge in [0.15, 0.2) is 0 Å². The lowest BCUT2D eigenvalue weighted by Gasteiger charge is -2.27. The molecule has 0 spiro atoms. The molecule has 10 heteroatoms. The lowest BCUT2D eigenvalue weighted by atomic mass is 10.2. The molecule has 1 aromatic heterocycles. The molecule has 3 heterocycles. The van der Waals surface area contributed by atoms with Gasteiger partial charge in [-0.2, -0.15) is 0 Å². The molecule has 8 nitrogen and oxygen atoms in total. The average molecular weight is 466 g/mol. The second-order valence-electron chi connectivity index (χ2n) is 6.54. The van der Waals surface area contributed by atoms with Crippen molar-refractivity contribution < 1.29 is 23.9 Å². The zero-order valence-electron chi connectivity index (χ0n) is 17.3. The van der Waals surface area contributed by atoms with Crippen LogP contribution >= 0.6 is 22.9 Å². The fourth-order valence-electron chi connectivity index (χ4n) is 3.17. The van der Waals surface area contributed by atoms with E-state index < -0.39 is 12.2 Å². The summed E-state index contributed by atoms with van der Waals surface area (Å²) in [5, 5.41) is 2.76. The summed E-state index contributed by atoms with van der Waals surface area (Å²) in [5.41, 5.74) is 1.42. The molecule has 1 atom stereocenters. The van der Waals surface area contributed by atoms with Crippen molar-refractivity contribution >= 4 is 52.2 Å². The van der Waals surface area contributed by atoms with Gasteiger partial charge < -0.3 is 19.7 Å². The van der Waals surface area contributed by atoms with Crippen LogP contribution in [0.5, 0.6) is 0 Å². The maximum absolute atomic E-state index is 12.2. The number of rotatable bonds is 5. The number of cyclic esters (lactones) is 1. The molecule has 0 aliphatic carbocycles. The Labute approximate surface area is 189 Å². The van der Waals surface area contributed by atoms with Crippen LogP contribution in [-0.2, 0) is 14.3 Å². The summed E-state index contributed by atoms with van der Waals surface area (Å²) in [4.78, 5) is 39.9. The molecule has 0 unspecified atom stereocenters. The van der Waals surface area contributed by atoms with Gasteiger partial charge in [0, 0.05) is 17.9 Å². The van der Waals surface area contributed by atoms with Crippen molar-refractivity contribution in [3.63, 3.8) is 0 Å². The third kappa shape index (κ3) is 5.55. The third-order valence-electron chi connectivity index (χ3n) is 4.62. The van der Waals surface area contributed by atoms with Crippen LogP contribution < -0.4 is 15.1 Å². The lowest BCUT2D eigenvalue weighted by molar-refractivity contribution is -0.125. The van der Waals surface area contributed by atoms with E-state index in [-0.39, 0.29) is 25.0 Å². The number of nitrogens with zero attached hydrogens (tertiary/aromatic N) is 2.